The van der Waals surface area contributed by atoms with E-state index in [2.05, 4.69) is 5.32 Å². The first kappa shape index (κ1) is 23.3. The molecule has 0 aliphatic rings. The second-order valence-electron chi connectivity index (χ2n) is 6.37. The number of amides is 2. The van der Waals surface area contributed by atoms with Crippen molar-refractivity contribution in [3.63, 3.8) is 0 Å². The number of carbonyl (C=O) groups is 1. The number of hydrogen-bond donors (Lipinski definition) is 2. The molecule has 1 atom stereocenters. The van der Waals surface area contributed by atoms with Crippen LogP contribution in [0.15, 0.2) is 48.5 Å². The van der Waals surface area contributed by atoms with Gasteiger partial charge in [-0.25, -0.2) is 4.79 Å². The Morgan fingerprint density at radius 3 is 1.90 bits per heavy atom. The molecule has 2 rings (SSSR count). The molecule has 30 heavy (non-hydrogen) atoms. The molecular weight excluding hydrogens is 418 g/mol. The smallest absolute Gasteiger partial charge is 0.416 e. The number of aliphatic hydroxyl groups is 1. The monoisotopic (exact) mass is 436 g/mol. The highest BCUT2D eigenvalue weighted by molar-refractivity contribution is 5.89. The fourth-order valence-electron chi connectivity index (χ4n) is 2.35. The predicted octanol–water partition coefficient (Wildman–Crippen LogP) is 4.63. The van der Waals surface area contributed by atoms with E-state index < -0.39 is 35.6 Å². The summed E-state index contributed by atoms with van der Waals surface area (Å²) in [5, 5.41) is 12.3. The molecule has 0 aliphatic carbocycles. The molecule has 2 N–H and O–H groups in total. The first-order valence-corrected chi connectivity index (χ1v) is 8.54. The summed E-state index contributed by atoms with van der Waals surface area (Å²) >= 11 is 0. The third kappa shape index (κ3) is 6.83. The van der Waals surface area contributed by atoms with Gasteiger partial charge in [-0.1, -0.05) is 0 Å². The van der Waals surface area contributed by atoms with Gasteiger partial charge in [0.25, 0.3) is 0 Å². The molecule has 5 nitrogen and oxygen atoms in total. The Morgan fingerprint density at radius 2 is 1.43 bits per heavy atom. The second kappa shape index (κ2) is 9.24. The molecule has 0 saturated heterocycles. The lowest BCUT2D eigenvalue weighted by atomic mass is 10.2. The van der Waals surface area contributed by atoms with Gasteiger partial charge >= 0.3 is 18.4 Å². The Kier molecular flexibility index (Phi) is 7.19. The molecule has 1 unspecified atom stereocenters. The van der Waals surface area contributed by atoms with Crippen molar-refractivity contribution in [2.45, 2.75) is 18.5 Å². The number of alkyl halides is 6. The van der Waals surface area contributed by atoms with Gasteiger partial charge in [-0.3, -0.25) is 0 Å². The van der Waals surface area contributed by atoms with E-state index in [9.17, 15) is 36.2 Å². The van der Waals surface area contributed by atoms with E-state index in [0.29, 0.717) is 0 Å². The van der Waals surface area contributed by atoms with Crippen LogP contribution in [0.3, 0.4) is 0 Å². The summed E-state index contributed by atoms with van der Waals surface area (Å²) in [4.78, 5) is 13.2. The van der Waals surface area contributed by atoms with Crippen LogP contribution in [0.25, 0.3) is 0 Å². The number of rotatable bonds is 6. The number of carbonyl (C=O) groups excluding carboxylic acids is 1. The number of nitrogens with zero attached hydrogens (tertiary/aromatic N) is 1. The Hall–Kier alpha value is -2.95. The van der Waals surface area contributed by atoms with Crippen LogP contribution >= 0.6 is 0 Å². The van der Waals surface area contributed by atoms with Gasteiger partial charge in [-0.15, -0.1) is 0 Å². The van der Waals surface area contributed by atoms with Crippen molar-refractivity contribution < 1.29 is 41.0 Å². The summed E-state index contributed by atoms with van der Waals surface area (Å²) in [7, 11) is 1.35. The van der Waals surface area contributed by atoms with Crippen LogP contribution in [0.5, 0.6) is 5.75 Å². The molecule has 0 fully saturated rings. The van der Waals surface area contributed by atoms with Crippen LogP contribution < -0.4 is 10.1 Å². The van der Waals surface area contributed by atoms with Crippen molar-refractivity contribution in [2.75, 3.05) is 25.5 Å². The minimum atomic E-state index is -4.49. The number of ether oxygens (including phenoxy) is 1. The summed E-state index contributed by atoms with van der Waals surface area (Å²) in [5.41, 5.74) is -1.56. The molecule has 0 heterocycles. The standard InChI is InChI=1S/C19H18F6N2O3/c1-27(17(29)26-14-6-2-12(3-7-14)18(20,21)22)10-15(28)11-30-16-8-4-13(5-9-16)19(23,24)25/h2-9,15,28H,10-11H2,1H3,(H,26,29). The maximum Gasteiger partial charge on any atom is 0.416 e. The van der Waals surface area contributed by atoms with E-state index in [1.807, 2.05) is 0 Å². The van der Waals surface area contributed by atoms with Gasteiger partial charge in [0.15, 0.2) is 0 Å². The zero-order chi connectivity index (χ0) is 22.5. The minimum absolute atomic E-state index is 0.110. The van der Waals surface area contributed by atoms with Crippen LogP contribution in [0.1, 0.15) is 11.1 Å². The summed E-state index contributed by atoms with van der Waals surface area (Å²) in [6.45, 7) is -0.476. The molecule has 2 amide bonds. The number of urea groups is 1. The molecule has 0 saturated carbocycles. The van der Waals surface area contributed by atoms with Crippen molar-refractivity contribution in [1.82, 2.24) is 4.90 Å². The summed E-state index contributed by atoms with van der Waals surface area (Å²) in [5.74, 6) is 0.110. The van der Waals surface area contributed by atoms with Crippen molar-refractivity contribution in [1.29, 1.82) is 0 Å². The molecule has 0 bridgehead atoms. The van der Waals surface area contributed by atoms with Crippen LogP contribution in [-0.2, 0) is 12.4 Å². The van der Waals surface area contributed by atoms with E-state index in [-0.39, 0.29) is 24.6 Å². The SMILES string of the molecule is CN(CC(O)COc1ccc(C(F)(F)F)cc1)C(=O)Nc1ccc(C(F)(F)F)cc1. The third-order valence-electron chi connectivity index (χ3n) is 3.92. The lowest BCUT2D eigenvalue weighted by Crippen LogP contribution is -2.39. The number of hydrogen-bond acceptors (Lipinski definition) is 3. The van der Waals surface area contributed by atoms with Gasteiger partial charge in [-0.2, -0.15) is 26.3 Å². The molecule has 0 aliphatic heterocycles. The number of nitrogens with one attached hydrogen (secondary N) is 1. The number of likely N-dealkylation sites (N-methyl/N-ethyl adjacent to an activating group) is 1. The van der Waals surface area contributed by atoms with Crippen LogP contribution in [0.2, 0.25) is 0 Å². The first-order chi connectivity index (χ1) is 13.9. The van der Waals surface area contributed by atoms with E-state index in [0.717, 1.165) is 53.4 Å². The number of anilines is 1. The molecule has 2 aromatic rings. The lowest BCUT2D eigenvalue weighted by Gasteiger charge is -2.21. The number of halogens is 6. The topological polar surface area (TPSA) is 61.8 Å². The maximum absolute atomic E-state index is 12.5. The zero-order valence-corrected chi connectivity index (χ0v) is 15.6. The third-order valence-corrected chi connectivity index (χ3v) is 3.92. The predicted molar refractivity (Wildman–Crippen MR) is 96.0 cm³/mol. The Bertz CT molecular complexity index is 835. The fraction of sp³-hybridized carbons (Fsp3) is 0.316. The second-order valence-corrected chi connectivity index (χ2v) is 6.37. The van der Waals surface area contributed by atoms with Crippen molar-refractivity contribution in [2.24, 2.45) is 0 Å². The fourth-order valence-corrected chi connectivity index (χ4v) is 2.35. The van der Waals surface area contributed by atoms with Gasteiger partial charge in [0.1, 0.15) is 18.5 Å². The summed E-state index contributed by atoms with van der Waals surface area (Å²) in [6, 6.07) is 7.05. The average Bonchev–Trinajstić information content (AvgIpc) is 2.65. The Morgan fingerprint density at radius 1 is 0.967 bits per heavy atom. The maximum atomic E-state index is 12.5. The molecular formula is C19H18F6N2O3. The van der Waals surface area contributed by atoms with Crippen LogP contribution in [0, 0.1) is 0 Å². The van der Waals surface area contributed by atoms with E-state index in [4.69, 9.17) is 4.74 Å². The highest BCUT2D eigenvalue weighted by Crippen LogP contribution is 2.31. The average molecular weight is 436 g/mol. The summed E-state index contributed by atoms with van der Waals surface area (Å²) in [6.07, 6.45) is -10.1. The van der Waals surface area contributed by atoms with Gasteiger partial charge in [-0.05, 0) is 48.5 Å². The summed E-state index contributed by atoms with van der Waals surface area (Å²) < 4.78 is 80.3. The first-order valence-electron chi connectivity index (χ1n) is 8.54. The molecule has 164 valence electrons. The van der Waals surface area contributed by atoms with Gasteiger partial charge in [0.2, 0.25) is 0 Å². The Labute approximate surface area is 167 Å². The van der Waals surface area contributed by atoms with E-state index in [1.165, 1.54) is 7.05 Å². The quantitative estimate of drug-likeness (QED) is 0.650. The van der Waals surface area contributed by atoms with E-state index >= 15 is 0 Å². The van der Waals surface area contributed by atoms with Gasteiger partial charge in [0.05, 0.1) is 17.7 Å². The van der Waals surface area contributed by atoms with Crippen molar-refractivity contribution in [3.8, 4) is 5.75 Å². The van der Waals surface area contributed by atoms with E-state index in [1.54, 1.807) is 0 Å². The zero-order valence-electron chi connectivity index (χ0n) is 15.6. The molecule has 0 spiro atoms. The highest BCUT2D eigenvalue weighted by atomic mass is 19.4. The molecule has 11 heteroatoms. The largest absolute Gasteiger partial charge is 0.491 e. The van der Waals surface area contributed by atoms with Crippen molar-refractivity contribution in [3.05, 3.63) is 59.7 Å². The highest BCUT2D eigenvalue weighted by Gasteiger charge is 2.30. The van der Waals surface area contributed by atoms with Gasteiger partial charge < -0.3 is 20.1 Å². The van der Waals surface area contributed by atoms with Crippen LogP contribution in [-0.4, -0.2) is 42.3 Å². The number of benzene rings is 2. The minimum Gasteiger partial charge on any atom is -0.491 e. The molecule has 2 aromatic carbocycles. The molecule has 0 radical (unpaired) electrons. The van der Waals surface area contributed by atoms with Crippen LogP contribution in [0.4, 0.5) is 36.8 Å². The normalized spacial score (nSPS) is 12.9. The Balaban J connectivity index is 1.81. The molecule has 0 aromatic heterocycles. The lowest BCUT2D eigenvalue weighted by molar-refractivity contribution is -0.138. The van der Waals surface area contributed by atoms with Crippen molar-refractivity contribution >= 4 is 11.7 Å². The number of aliphatic hydroxyl groups excluding tert-OH is 1. The van der Waals surface area contributed by atoms with Gasteiger partial charge in [0, 0.05) is 12.7 Å².